The van der Waals surface area contributed by atoms with Gasteiger partial charge in [-0.05, 0) is 0 Å². The molecule has 59 valence electrons. The van der Waals surface area contributed by atoms with Gasteiger partial charge >= 0.3 is 19.5 Å². The van der Waals surface area contributed by atoms with Gasteiger partial charge in [0.05, 0.1) is 0 Å². The SMILES string of the molecule is CCC[N-]CCC.[CH3-].[Rh+2]. The Hall–Kier alpha value is 0.583. The number of rotatable bonds is 4. The molecule has 0 unspecified atom stereocenters. The second-order valence-electron chi connectivity index (χ2n) is 1.67. The van der Waals surface area contributed by atoms with E-state index in [0.29, 0.717) is 0 Å². The van der Waals surface area contributed by atoms with Gasteiger partial charge in [-0.3, -0.25) is 0 Å². The smallest absolute Gasteiger partial charge is 0.662 e. The summed E-state index contributed by atoms with van der Waals surface area (Å²) in [6, 6.07) is 0. The predicted molar refractivity (Wildman–Crippen MR) is 40.1 cm³/mol. The van der Waals surface area contributed by atoms with Crippen molar-refractivity contribution in [2.75, 3.05) is 13.1 Å². The zero-order chi connectivity index (χ0) is 5.54. The number of hydrogen-bond acceptors (Lipinski definition) is 0. The van der Waals surface area contributed by atoms with Gasteiger partial charge in [-0.15, -0.1) is 13.1 Å². The van der Waals surface area contributed by atoms with E-state index in [1.807, 2.05) is 0 Å². The van der Waals surface area contributed by atoms with Gasteiger partial charge < -0.3 is 12.7 Å². The van der Waals surface area contributed by atoms with Gasteiger partial charge in [0.25, 0.3) is 0 Å². The molecule has 0 aliphatic rings. The van der Waals surface area contributed by atoms with Crippen molar-refractivity contribution in [1.29, 1.82) is 0 Å². The molecule has 0 amide bonds. The predicted octanol–water partition coefficient (Wildman–Crippen LogP) is 2.63. The molecule has 0 heterocycles. The van der Waals surface area contributed by atoms with E-state index in [4.69, 9.17) is 0 Å². The first-order valence-electron chi connectivity index (χ1n) is 3.05. The van der Waals surface area contributed by atoms with Crippen LogP contribution in [0.1, 0.15) is 26.7 Å². The summed E-state index contributed by atoms with van der Waals surface area (Å²) >= 11 is 0. The maximum absolute atomic E-state index is 4.21. The molecule has 0 fully saturated rings. The van der Waals surface area contributed by atoms with Crippen LogP contribution in [0.3, 0.4) is 0 Å². The van der Waals surface area contributed by atoms with Gasteiger partial charge in [0.15, 0.2) is 0 Å². The molecule has 0 saturated carbocycles. The van der Waals surface area contributed by atoms with E-state index in [-0.39, 0.29) is 26.9 Å². The van der Waals surface area contributed by atoms with Crippen LogP contribution in [0.5, 0.6) is 0 Å². The molecule has 0 aliphatic heterocycles. The molecule has 0 aliphatic carbocycles. The minimum absolute atomic E-state index is 0. The van der Waals surface area contributed by atoms with E-state index in [0.717, 1.165) is 13.1 Å². The van der Waals surface area contributed by atoms with E-state index in [2.05, 4.69) is 19.2 Å². The molecule has 0 bridgehead atoms. The van der Waals surface area contributed by atoms with Gasteiger partial charge in [0.1, 0.15) is 0 Å². The second-order valence-corrected chi connectivity index (χ2v) is 1.67. The Balaban J connectivity index is -0.000000180. The van der Waals surface area contributed by atoms with Crippen molar-refractivity contribution < 1.29 is 19.5 Å². The van der Waals surface area contributed by atoms with Gasteiger partial charge in [-0.2, -0.15) is 0 Å². The summed E-state index contributed by atoms with van der Waals surface area (Å²) in [4.78, 5) is 0. The monoisotopic (exact) mass is 218 g/mol. The zero-order valence-electron chi connectivity index (χ0n) is 6.61. The first-order valence-corrected chi connectivity index (χ1v) is 3.05. The van der Waals surface area contributed by atoms with E-state index >= 15 is 0 Å². The molecule has 0 spiro atoms. The topological polar surface area (TPSA) is 14.1 Å². The van der Waals surface area contributed by atoms with Crippen molar-refractivity contribution in [3.63, 3.8) is 0 Å². The molecule has 0 aromatic rings. The van der Waals surface area contributed by atoms with E-state index in [1.165, 1.54) is 12.8 Å². The van der Waals surface area contributed by atoms with Crippen molar-refractivity contribution in [3.8, 4) is 0 Å². The van der Waals surface area contributed by atoms with Crippen molar-refractivity contribution >= 4 is 0 Å². The molecule has 0 rings (SSSR count). The molecule has 0 aromatic carbocycles. The molecule has 0 atom stereocenters. The van der Waals surface area contributed by atoms with Gasteiger partial charge in [0, 0.05) is 0 Å². The summed E-state index contributed by atoms with van der Waals surface area (Å²) in [6.45, 7) is 6.40. The fourth-order valence-electron chi connectivity index (χ4n) is 0.428. The second kappa shape index (κ2) is 15.8. The fourth-order valence-corrected chi connectivity index (χ4v) is 0.428. The minimum atomic E-state index is 0. The normalized spacial score (nSPS) is 7.33. The van der Waals surface area contributed by atoms with Crippen LogP contribution in [0.15, 0.2) is 0 Å². The van der Waals surface area contributed by atoms with Gasteiger partial charge in [-0.1, -0.05) is 26.7 Å². The van der Waals surface area contributed by atoms with Crippen molar-refractivity contribution in [3.05, 3.63) is 12.7 Å². The Labute approximate surface area is 72.4 Å². The number of hydrogen-bond donors (Lipinski definition) is 0. The quantitative estimate of drug-likeness (QED) is 0.391. The first kappa shape index (κ1) is 16.3. The molecule has 2 heteroatoms. The van der Waals surface area contributed by atoms with E-state index in [9.17, 15) is 0 Å². The summed E-state index contributed by atoms with van der Waals surface area (Å²) in [7, 11) is 0. The Bertz CT molecular complexity index is 28.1. The summed E-state index contributed by atoms with van der Waals surface area (Å²) in [5.74, 6) is 0. The maximum Gasteiger partial charge on any atom is 2.00 e. The molecular formula is C7H17NRh. The van der Waals surface area contributed by atoms with E-state index < -0.39 is 0 Å². The van der Waals surface area contributed by atoms with Gasteiger partial charge in [-0.25, -0.2) is 0 Å². The van der Waals surface area contributed by atoms with Crippen LogP contribution in [-0.4, -0.2) is 13.1 Å². The molecule has 1 radical (unpaired) electrons. The zero-order valence-corrected chi connectivity index (χ0v) is 8.25. The minimum Gasteiger partial charge on any atom is -0.662 e. The molecule has 0 aromatic heterocycles. The van der Waals surface area contributed by atoms with Gasteiger partial charge in [0.2, 0.25) is 0 Å². The standard InChI is InChI=1S/C6H14N.CH3.Rh/c1-3-5-7-6-4-2;;/h3-6H2,1-2H3;1H3;/q2*-1;+2. The number of nitrogens with zero attached hydrogens (tertiary/aromatic N) is 1. The molecule has 0 saturated heterocycles. The first-order chi connectivity index (χ1) is 3.41. The van der Waals surface area contributed by atoms with Crippen LogP contribution < -0.4 is 0 Å². The van der Waals surface area contributed by atoms with Crippen molar-refractivity contribution in [1.82, 2.24) is 0 Å². The Kier molecular flexibility index (Phi) is 28.7. The average molecular weight is 218 g/mol. The van der Waals surface area contributed by atoms with Crippen LogP contribution in [0.2, 0.25) is 0 Å². The molecule has 1 nitrogen and oxygen atoms in total. The summed E-state index contributed by atoms with van der Waals surface area (Å²) < 4.78 is 0. The van der Waals surface area contributed by atoms with Crippen LogP contribution in [-0.2, 0) is 19.5 Å². The maximum atomic E-state index is 4.21. The summed E-state index contributed by atoms with van der Waals surface area (Å²) in [6.07, 6.45) is 2.39. The Morgan fingerprint density at radius 2 is 1.33 bits per heavy atom. The summed E-state index contributed by atoms with van der Waals surface area (Å²) in [5, 5.41) is 4.21. The Morgan fingerprint density at radius 3 is 1.56 bits per heavy atom. The van der Waals surface area contributed by atoms with E-state index in [1.54, 1.807) is 0 Å². The Morgan fingerprint density at radius 1 is 1.00 bits per heavy atom. The molecule has 0 N–H and O–H groups in total. The third-order valence-electron chi connectivity index (χ3n) is 0.763. The van der Waals surface area contributed by atoms with Crippen LogP contribution in [0.25, 0.3) is 5.32 Å². The molecule has 9 heavy (non-hydrogen) atoms. The van der Waals surface area contributed by atoms with Crippen LogP contribution >= 0.6 is 0 Å². The summed E-state index contributed by atoms with van der Waals surface area (Å²) in [5.41, 5.74) is 0. The fraction of sp³-hybridized carbons (Fsp3) is 0.857. The van der Waals surface area contributed by atoms with Crippen LogP contribution in [0.4, 0.5) is 0 Å². The van der Waals surface area contributed by atoms with Crippen LogP contribution in [0, 0.1) is 7.43 Å². The van der Waals surface area contributed by atoms with Crippen molar-refractivity contribution in [2.24, 2.45) is 0 Å². The third-order valence-corrected chi connectivity index (χ3v) is 0.763. The third kappa shape index (κ3) is 17.7. The van der Waals surface area contributed by atoms with Crippen molar-refractivity contribution in [2.45, 2.75) is 26.7 Å². The largest absolute Gasteiger partial charge is 2.00 e. The average Bonchev–Trinajstić information content (AvgIpc) is 1.69. The molecular weight excluding hydrogens is 201 g/mol.